The third-order valence-electron chi connectivity index (χ3n) is 3.05. The average Bonchev–Trinajstić information content (AvgIpc) is 2.84. The van der Waals surface area contributed by atoms with Crippen LogP contribution in [0.3, 0.4) is 0 Å². The summed E-state index contributed by atoms with van der Waals surface area (Å²) in [6.07, 6.45) is 1.38. The molecule has 2 rings (SSSR count). The molecule has 18 heavy (non-hydrogen) atoms. The zero-order chi connectivity index (χ0) is 13.3. The average molecular weight is 268 g/mol. The van der Waals surface area contributed by atoms with Crippen LogP contribution < -0.4 is 5.32 Å². The Labute approximate surface area is 112 Å². The van der Waals surface area contributed by atoms with Crippen molar-refractivity contribution in [1.29, 1.82) is 0 Å². The van der Waals surface area contributed by atoms with Crippen LogP contribution >= 0.6 is 11.5 Å². The number of anilines is 1. The third-order valence-corrected chi connectivity index (χ3v) is 3.73. The second-order valence-electron chi connectivity index (χ2n) is 5.59. The van der Waals surface area contributed by atoms with Crippen molar-refractivity contribution in [3.05, 3.63) is 5.82 Å². The summed E-state index contributed by atoms with van der Waals surface area (Å²) in [6.45, 7) is 8.96. The van der Waals surface area contributed by atoms with Crippen LogP contribution in [0.25, 0.3) is 0 Å². The predicted molar refractivity (Wildman–Crippen MR) is 72.8 cm³/mol. The molecule has 0 aromatic carbocycles. The monoisotopic (exact) mass is 268 g/mol. The van der Waals surface area contributed by atoms with Crippen LogP contribution in [0, 0.1) is 0 Å². The van der Waals surface area contributed by atoms with Crippen molar-refractivity contribution in [2.24, 2.45) is 0 Å². The Hall–Kier alpha value is -1.17. The van der Waals surface area contributed by atoms with E-state index < -0.39 is 0 Å². The second kappa shape index (κ2) is 4.84. The summed E-state index contributed by atoms with van der Waals surface area (Å²) in [7, 11) is 0. The number of likely N-dealkylation sites (tertiary alicyclic amines) is 1. The lowest BCUT2D eigenvalue weighted by atomic mass is 10.1. The molecule has 5 nitrogen and oxygen atoms in total. The number of carbonyl (C=O) groups is 1. The van der Waals surface area contributed by atoms with E-state index in [2.05, 4.69) is 35.4 Å². The van der Waals surface area contributed by atoms with E-state index in [9.17, 15) is 4.79 Å². The first kappa shape index (κ1) is 13.3. The van der Waals surface area contributed by atoms with Gasteiger partial charge in [0, 0.05) is 36.5 Å². The fraction of sp³-hybridized carbons (Fsp3) is 0.750. The lowest BCUT2D eigenvalue weighted by molar-refractivity contribution is -0.131. The van der Waals surface area contributed by atoms with Crippen LogP contribution in [0.15, 0.2) is 0 Å². The molecule has 1 fully saturated rings. The molecular weight excluding hydrogens is 248 g/mol. The van der Waals surface area contributed by atoms with Crippen molar-refractivity contribution in [2.75, 3.05) is 11.9 Å². The van der Waals surface area contributed by atoms with Crippen molar-refractivity contribution >= 4 is 22.6 Å². The van der Waals surface area contributed by atoms with Crippen LogP contribution in [-0.4, -0.2) is 38.3 Å². The highest BCUT2D eigenvalue weighted by atomic mass is 32.1. The van der Waals surface area contributed by atoms with Gasteiger partial charge in [0.15, 0.2) is 0 Å². The van der Waals surface area contributed by atoms with Gasteiger partial charge in [-0.25, -0.2) is 4.98 Å². The summed E-state index contributed by atoms with van der Waals surface area (Å²) in [5.74, 6) is 1.07. The molecule has 1 saturated heterocycles. The summed E-state index contributed by atoms with van der Waals surface area (Å²) in [5.41, 5.74) is -0.108. The third kappa shape index (κ3) is 2.80. The fourth-order valence-corrected chi connectivity index (χ4v) is 2.81. The number of aromatic nitrogens is 2. The molecule has 1 N–H and O–H groups in total. The Morgan fingerprint density at radius 3 is 2.72 bits per heavy atom. The topological polar surface area (TPSA) is 58.1 Å². The lowest BCUT2D eigenvalue weighted by Crippen LogP contribution is -2.43. The second-order valence-corrected chi connectivity index (χ2v) is 6.34. The molecule has 0 spiro atoms. The molecular formula is C12H20N4OS. The molecule has 1 amide bonds. The zero-order valence-corrected chi connectivity index (χ0v) is 12.2. The number of aryl methyl sites for hydroxylation is 1. The van der Waals surface area contributed by atoms with Gasteiger partial charge in [-0.1, -0.05) is 6.92 Å². The number of hydrogen-bond donors (Lipinski definition) is 1. The van der Waals surface area contributed by atoms with Gasteiger partial charge in [0.05, 0.1) is 6.04 Å². The maximum Gasteiger partial charge on any atom is 0.225 e. The Kier molecular flexibility index (Phi) is 3.56. The molecule has 0 unspecified atom stereocenters. The largest absolute Gasteiger partial charge is 0.355 e. The highest BCUT2D eigenvalue weighted by molar-refractivity contribution is 7.09. The normalized spacial score (nSPS) is 20.6. The van der Waals surface area contributed by atoms with Gasteiger partial charge in [0.2, 0.25) is 11.0 Å². The lowest BCUT2D eigenvalue weighted by Gasteiger charge is -2.32. The number of carbonyl (C=O) groups excluding carboxylic acids is 1. The van der Waals surface area contributed by atoms with E-state index in [-0.39, 0.29) is 17.5 Å². The van der Waals surface area contributed by atoms with E-state index in [4.69, 9.17) is 0 Å². The van der Waals surface area contributed by atoms with Crippen molar-refractivity contribution < 1.29 is 4.79 Å². The molecule has 1 atom stereocenters. The van der Waals surface area contributed by atoms with Crippen molar-refractivity contribution in [3.8, 4) is 0 Å². The Morgan fingerprint density at radius 2 is 2.22 bits per heavy atom. The van der Waals surface area contributed by atoms with E-state index in [1.807, 2.05) is 11.8 Å². The fourth-order valence-electron chi connectivity index (χ4n) is 2.08. The van der Waals surface area contributed by atoms with Gasteiger partial charge in [0.1, 0.15) is 5.82 Å². The van der Waals surface area contributed by atoms with E-state index in [0.29, 0.717) is 6.42 Å². The zero-order valence-electron chi connectivity index (χ0n) is 11.4. The van der Waals surface area contributed by atoms with Gasteiger partial charge < -0.3 is 10.2 Å². The van der Waals surface area contributed by atoms with E-state index >= 15 is 0 Å². The summed E-state index contributed by atoms with van der Waals surface area (Å²) >= 11 is 1.37. The minimum atomic E-state index is -0.108. The maximum atomic E-state index is 11.9. The Morgan fingerprint density at radius 1 is 1.50 bits per heavy atom. The maximum absolute atomic E-state index is 11.9. The summed E-state index contributed by atoms with van der Waals surface area (Å²) in [6, 6.07) is 0.148. The van der Waals surface area contributed by atoms with Crippen molar-refractivity contribution in [2.45, 2.75) is 52.1 Å². The summed E-state index contributed by atoms with van der Waals surface area (Å²) in [5, 5.41) is 4.13. The van der Waals surface area contributed by atoms with Crippen LogP contribution in [0.5, 0.6) is 0 Å². The minimum absolute atomic E-state index is 0.108. The van der Waals surface area contributed by atoms with Crippen molar-refractivity contribution in [1.82, 2.24) is 14.3 Å². The van der Waals surface area contributed by atoms with Gasteiger partial charge >= 0.3 is 0 Å². The highest BCUT2D eigenvalue weighted by Crippen LogP contribution is 2.24. The molecule has 1 aromatic rings. The first-order valence-electron chi connectivity index (χ1n) is 6.29. The van der Waals surface area contributed by atoms with Crippen LogP contribution in [0.1, 0.15) is 39.9 Å². The molecule has 1 aliphatic heterocycles. The van der Waals surface area contributed by atoms with Gasteiger partial charge in [0.25, 0.3) is 0 Å². The molecule has 0 saturated carbocycles. The molecule has 1 aliphatic rings. The van der Waals surface area contributed by atoms with E-state index in [1.165, 1.54) is 11.5 Å². The van der Waals surface area contributed by atoms with Gasteiger partial charge in [-0.3, -0.25) is 4.79 Å². The van der Waals surface area contributed by atoms with E-state index in [0.717, 1.165) is 23.9 Å². The smallest absolute Gasteiger partial charge is 0.225 e. The molecule has 6 heteroatoms. The molecule has 1 aromatic heterocycles. The number of rotatable bonds is 3. The number of amides is 1. The summed E-state index contributed by atoms with van der Waals surface area (Å²) < 4.78 is 4.23. The molecule has 0 radical (unpaired) electrons. The minimum Gasteiger partial charge on any atom is -0.355 e. The first-order valence-corrected chi connectivity index (χ1v) is 7.07. The van der Waals surface area contributed by atoms with Crippen LogP contribution in [0.2, 0.25) is 0 Å². The van der Waals surface area contributed by atoms with Crippen LogP contribution in [0.4, 0.5) is 5.13 Å². The standard InChI is InChI=1S/C12H20N4OS/c1-5-9-14-11(18-15-9)13-8-6-10(17)16(7-8)12(2,3)4/h8H,5-7H2,1-4H3,(H,13,14,15)/t8-/m1/s1. The molecule has 2 heterocycles. The quantitative estimate of drug-likeness (QED) is 0.910. The first-order chi connectivity index (χ1) is 8.40. The predicted octanol–water partition coefficient (Wildman–Crippen LogP) is 1.91. The number of nitrogens with zero attached hydrogens (tertiary/aromatic N) is 3. The molecule has 100 valence electrons. The van der Waals surface area contributed by atoms with Gasteiger partial charge in [-0.15, -0.1) is 0 Å². The van der Waals surface area contributed by atoms with Gasteiger partial charge in [-0.2, -0.15) is 4.37 Å². The van der Waals surface area contributed by atoms with Gasteiger partial charge in [-0.05, 0) is 20.8 Å². The Bertz CT molecular complexity index is 438. The van der Waals surface area contributed by atoms with Crippen LogP contribution in [-0.2, 0) is 11.2 Å². The summed E-state index contributed by atoms with van der Waals surface area (Å²) in [4.78, 5) is 18.2. The SMILES string of the molecule is CCc1nsc(N[C@@H]2CC(=O)N(C(C)(C)C)C2)n1. The molecule has 0 aliphatic carbocycles. The Balaban J connectivity index is 1.98. The highest BCUT2D eigenvalue weighted by Gasteiger charge is 2.36. The number of nitrogens with one attached hydrogen (secondary N) is 1. The van der Waals surface area contributed by atoms with E-state index in [1.54, 1.807) is 0 Å². The van der Waals surface area contributed by atoms with Crippen molar-refractivity contribution in [3.63, 3.8) is 0 Å². The number of hydrogen-bond acceptors (Lipinski definition) is 5. The molecule has 0 bridgehead atoms.